The first-order chi connectivity index (χ1) is 5.06. The summed E-state index contributed by atoms with van der Waals surface area (Å²) >= 11 is 0. The highest BCUT2D eigenvalue weighted by molar-refractivity contribution is 5.09. The molecule has 0 spiro atoms. The van der Waals surface area contributed by atoms with E-state index in [0.717, 1.165) is 6.42 Å². The van der Waals surface area contributed by atoms with Crippen LogP contribution in [0.2, 0.25) is 0 Å². The largest absolute Gasteiger partial charge is 0.0991 e. The SMILES string of the molecule is C=C/C=C/C=C/CC(C)(C)C. The van der Waals surface area contributed by atoms with Gasteiger partial charge in [0.25, 0.3) is 0 Å². The lowest BCUT2D eigenvalue weighted by Crippen LogP contribution is -2.01. The molecule has 0 aromatic heterocycles. The van der Waals surface area contributed by atoms with E-state index in [1.54, 1.807) is 6.08 Å². The van der Waals surface area contributed by atoms with Crippen LogP contribution < -0.4 is 0 Å². The summed E-state index contributed by atoms with van der Waals surface area (Å²) < 4.78 is 0. The van der Waals surface area contributed by atoms with Crippen LogP contribution in [0.15, 0.2) is 37.0 Å². The minimum Gasteiger partial charge on any atom is -0.0991 e. The lowest BCUT2D eigenvalue weighted by molar-refractivity contribution is 0.420. The van der Waals surface area contributed by atoms with Crippen LogP contribution in [-0.4, -0.2) is 0 Å². The third-order valence-electron chi connectivity index (χ3n) is 1.22. The number of allylic oxidation sites excluding steroid dienone is 5. The molecule has 0 aliphatic heterocycles. The van der Waals surface area contributed by atoms with E-state index in [-0.39, 0.29) is 0 Å². The molecule has 0 amide bonds. The molecule has 0 aromatic rings. The summed E-state index contributed by atoms with van der Waals surface area (Å²) in [5, 5.41) is 0. The highest BCUT2D eigenvalue weighted by Crippen LogP contribution is 2.18. The van der Waals surface area contributed by atoms with Gasteiger partial charge in [0.05, 0.1) is 0 Å². The van der Waals surface area contributed by atoms with Crippen LogP contribution in [0.4, 0.5) is 0 Å². The minimum absolute atomic E-state index is 0.401. The first kappa shape index (κ1) is 10.2. The molecule has 0 fully saturated rings. The van der Waals surface area contributed by atoms with Gasteiger partial charge < -0.3 is 0 Å². The quantitative estimate of drug-likeness (QED) is 0.538. The molecule has 0 aliphatic rings. The van der Waals surface area contributed by atoms with Gasteiger partial charge in [0.2, 0.25) is 0 Å². The van der Waals surface area contributed by atoms with Gasteiger partial charge in [-0.25, -0.2) is 0 Å². The molecule has 0 saturated carbocycles. The van der Waals surface area contributed by atoms with Gasteiger partial charge >= 0.3 is 0 Å². The zero-order valence-corrected chi connectivity index (χ0v) is 7.80. The molecule has 0 radical (unpaired) electrons. The lowest BCUT2D eigenvalue weighted by atomic mass is 9.92. The van der Waals surface area contributed by atoms with Crippen molar-refractivity contribution in [2.45, 2.75) is 27.2 Å². The molecule has 0 heteroatoms. The van der Waals surface area contributed by atoms with E-state index in [1.165, 1.54) is 0 Å². The maximum atomic E-state index is 3.59. The van der Waals surface area contributed by atoms with E-state index in [1.807, 2.05) is 12.2 Å². The van der Waals surface area contributed by atoms with E-state index in [4.69, 9.17) is 0 Å². The van der Waals surface area contributed by atoms with Crippen molar-refractivity contribution in [2.24, 2.45) is 5.41 Å². The summed E-state index contributed by atoms with van der Waals surface area (Å²) in [6.07, 6.45) is 11.1. The van der Waals surface area contributed by atoms with E-state index in [0.29, 0.717) is 5.41 Å². The van der Waals surface area contributed by atoms with Gasteiger partial charge in [-0.05, 0) is 11.8 Å². The van der Waals surface area contributed by atoms with E-state index < -0.39 is 0 Å². The molecule has 0 nitrogen and oxygen atoms in total. The number of hydrogen-bond donors (Lipinski definition) is 0. The van der Waals surface area contributed by atoms with Crippen molar-refractivity contribution in [3.63, 3.8) is 0 Å². The molecular weight excluding hydrogens is 132 g/mol. The average molecular weight is 150 g/mol. The maximum Gasteiger partial charge on any atom is -0.0299 e. The molecule has 0 unspecified atom stereocenters. The Labute approximate surface area is 70.3 Å². The van der Waals surface area contributed by atoms with Crippen molar-refractivity contribution in [2.75, 3.05) is 0 Å². The topological polar surface area (TPSA) is 0 Å². The molecule has 0 rings (SSSR count). The van der Waals surface area contributed by atoms with Crippen LogP contribution >= 0.6 is 0 Å². The van der Waals surface area contributed by atoms with Gasteiger partial charge in [-0.15, -0.1) is 0 Å². The van der Waals surface area contributed by atoms with Crippen molar-refractivity contribution in [1.29, 1.82) is 0 Å². The monoisotopic (exact) mass is 150 g/mol. The fraction of sp³-hybridized carbons (Fsp3) is 0.455. The van der Waals surface area contributed by atoms with E-state index in [9.17, 15) is 0 Å². The third kappa shape index (κ3) is 9.22. The van der Waals surface area contributed by atoms with E-state index in [2.05, 4.69) is 39.5 Å². The smallest absolute Gasteiger partial charge is 0.0299 e. The summed E-state index contributed by atoms with van der Waals surface area (Å²) in [7, 11) is 0. The Hall–Kier alpha value is -0.780. The van der Waals surface area contributed by atoms with Gasteiger partial charge in [0, 0.05) is 0 Å². The fourth-order valence-corrected chi connectivity index (χ4v) is 0.643. The maximum absolute atomic E-state index is 3.59. The molecule has 0 heterocycles. The Morgan fingerprint density at radius 2 is 1.73 bits per heavy atom. The van der Waals surface area contributed by atoms with E-state index >= 15 is 0 Å². The molecule has 62 valence electrons. The van der Waals surface area contributed by atoms with Gasteiger partial charge in [0.15, 0.2) is 0 Å². The first-order valence-corrected chi connectivity index (χ1v) is 4.00. The molecule has 0 N–H and O–H groups in total. The van der Waals surface area contributed by atoms with Crippen LogP contribution in [0, 0.1) is 5.41 Å². The van der Waals surface area contributed by atoms with Crippen molar-refractivity contribution in [3.05, 3.63) is 37.0 Å². The predicted octanol–water partition coefficient (Wildman–Crippen LogP) is 3.72. The zero-order chi connectivity index (χ0) is 8.74. The van der Waals surface area contributed by atoms with Crippen LogP contribution in [0.25, 0.3) is 0 Å². The van der Waals surface area contributed by atoms with Crippen LogP contribution in [0.5, 0.6) is 0 Å². The van der Waals surface area contributed by atoms with Crippen molar-refractivity contribution < 1.29 is 0 Å². The fourth-order valence-electron chi connectivity index (χ4n) is 0.643. The summed E-state index contributed by atoms with van der Waals surface area (Å²) in [5.41, 5.74) is 0.401. The highest BCUT2D eigenvalue weighted by atomic mass is 14.1. The minimum atomic E-state index is 0.401. The lowest BCUT2D eigenvalue weighted by Gasteiger charge is -2.13. The van der Waals surface area contributed by atoms with Crippen LogP contribution in [-0.2, 0) is 0 Å². The Balaban J connectivity index is 3.61. The Morgan fingerprint density at radius 3 is 2.18 bits per heavy atom. The van der Waals surface area contributed by atoms with Gasteiger partial charge in [-0.3, -0.25) is 0 Å². The molecule has 11 heavy (non-hydrogen) atoms. The Kier molecular flexibility index (Phi) is 4.60. The van der Waals surface area contributed by atoms with Crippen molar-refractivity contribution in [3.8, 4) is 0 Å². The van der Waals surface area contributed by atoms with Crippen LogP contribution in [0.1, 0.15) is 27.2 Å². The van der Waals surface area contributed by atoms with Gasteiger partial charge in [0.1, 0.15) is 0 Å². The Morgan fingerprint density at radius 1 is 1.09 bits per heavy atom. The average Bonchev–Trinajstić information content (AvgIpc) is 1.85. The second-order valence-electron chi connectivity index (χ2n) is 3.81. The van der Waals surface area contributed by atoms with Crippen molar-refractivity contribution >= 4 is 0 Å². The highest BCUT2D eigenvalue weighted by Gasteiger charge is 2.05. The summed E-state index contributed by atoms with van der Waals surface area (Å²) in [5.74, 6) is 0. The normalized spacial score (nSPS) is 13.0. The van der Waals surface area contributed by atoms with Gasteiger partial charge in [-0.1, -0.05) is 57.7 Å². The molecule has 0 aromatic carbocycles. The summed E-state index contributed by atoms with van der Waals surface area (Å²) in [6.45, 7) is 10.3. The van der Waals surface area contributed by atoms with Crippen molar-refractivity contribution in [1.82, 2.24) is 0 Å². The third-order valence-corrected chi connectivity index (χ3v) is 1.22. The molecule has 0 aliphatic carbocycles. The standard InChI is InChI=1S/C11H18/c1-5-6-7-8-9-10-11(2,3)4/h5-9H,1,10H2,2-4H3/b7-6+,9-8+. The molecule has 0 atom stereocenters. The predicted molar refractivity (Wildman–Crippen MR) is 52.5 cm³/mol. The molecular formula is C11H18. The second kappa shape index (κ2) is 4.95. The molecule has 0 saturated heterocycles. The second-order valence-corrected chi connectivity index (χ2v) is 3.81. The first-order valence-electron chi connectivity index (χ1n) is 4.00. The summed E-state index contributed by atoms with van der Waals surface area (Å²) in [4.78, 5) is 0. The summed E-state index contributed by atoms with van der Waals surface area (Å²) in [6, 6.07) is 0. The zero-order valence-electron chi connectivity index (χ0n) is 7.80. The molecule has 0 bridgehead atoms. The number of rotatable bonds is 3. The van der Waals surface area contributed by atoms with Gasteiger partial charge in [-0.2, -0.15) is 0 Å². The number of hydrogen-bond acceptors (Lipinski definition) is 0. The van der Waals surface area contributed by atoms with Crippen LogP contribution in [0.3, 0.4) is 0 Å². The Bertz CT molecular complexity index is 153.